The van der Waals surface area contributed by atoms with E-state index < -0.39 is 0 Å². The zero-order valence-corrected chi connectivity index (χ0v) is 13.0. The number of nitrogens with one attached hydrogen (secondary N) is 1. The molecular weight excluding hydrogens is 246 g/mol. The average Bonchev–Trinajstić information content (AvgIpc) is 2.46. The van der Waals surface area contributed by atoms with E-state index in [0.29, 0.717) is 6.04 Å². The van der Waals surface area contributed by atoms with Crippen molar-refractivity contribution < 1.29 is 0 Å². The summed E-state index contributed by atoms with van der Waals surface area (Å²) in [6.45, 7) is 8.47. The minimum Gasteiger partial charge on any atom is -0.372 e. The molecule has 1 aromatic carbocycles. The van der Waals surface area contributed by atoms with Crippen LogP contribution in [0.5, 0.6) is 0 Å². The van der Waals surface area contributed by atoms with Gasteiger partial charge in [0.1, 0.15) is 0 Å². The molecule has 1 aromatic heterocycles. The number of rotatable bonds is 6. The summed E-state index contributed by atoms with van der Waals surface area (Å²) < 4.78 is 0. The van der Waals surface area contributed by atoms with Crippen LogP contribution in [0.25, 0.3) is 10.9 Å². The van der Waals surface area contributed by atoms with E-state index >= 15 is 0 Å². The van der Waals surface area contributed by atoms with Crippen LogP contribution in [0.15, 0.2) is 30.3 Å². The molecule has 2 rings (SSSR count). The minimum atomic E-state index is 0.470. The Morgan fingerprint density at radius 1 is 1.25 bits per heavy atom. The van der Waals surface area contributed by atoms with Crippen molar-refractivity contribution in [2.24, 2.45) is 0 Å². The van der Waals surface area contributed by atoms with Crippen molar-refractivity contribution >= 4 is 16.6 Å². The fourth-order valence-corrected chi connectivity index (χ4v) is 2.26. The number of aromatic nitrogens is 1. The Morgan fingerprint density at radius 3 is 2.70 bits per heavy atom. The first-order chi connectivity index (χ1) is 9.63. The molecule has 3 nitrogen and oxygen atoms in total. The maximum Gasteiger partial charge on any atom is 0.0726 e. The number of nitrogens with zero attached hydrogens (tertiary/aromatic N) is 2. The molecule has 0 radical (unpaired) electrons. The lowest BCUT2D eigenvalue weighted by Crippen LogP contribution is -2.26. The molecule has 0 saturated carbocycles. The summed E-state index contributed by atoms with van der Waals surface area (Å²) in [5, 5.41) is 4.66. The largest absolute Gasteiger partial charge is 0.372 e. The van der Waals surface area contributed by atoms with E-state index in [4.69, 9.17) is 4.98 Å². The number of hydrogen-bond donors (Lipinski definition) is 1. The second-order valence-corrected chi connectivity index (χ2v) is 5.53. The third kappa shape index (κ3) is 3.28. The fraction of sp³-hybridized carbons (Fsp3) is 0.471. The van der Waals surface area contributed by atoms with Gasteiger partial charge in [0.25, 0.3) is 0 Å². The maximum atomic E-state index is 4.76. The molecular formula is C17H25N3. The number of benzene rings is 1. The molecule has 20 heavy (non-hydrogen) atoms. The Labute approximate surface area is 122 Å². The van der Waals surface area contributed by atoms with Crippen LogP contribution < -0.4 is 10.2 Å². The average molecular weight is 271 g/mol. The van der Waals surface area contributed by atoms with Crippen LogP contribution >= 0.6 is 0 Å². The Balaban J connectivity index is 2.41. The van der Waals surface area contributed by atoms with Gasteiger partial charge in [0, 0.05) is 30.7 Å². The molecule has 0 aliphatic rings. The number of para-hydroxylation sites is 1. The van der Waals surface area contributed by atoms with E-state index in [1.54, 1.807) is 0 Å². The maximum absolute atomic E-state index is 4.76. The van der Waals surface area contributed by atoms with E-state index in [2.05, 4.69) is 68.4 Å². The molecule has 1 N–H and O–H groups in total. The molecule has 3 heteroatoms. The summed E-state index contributed by atoms with van der Waals surface area (Å²) >= 11 is 0. The topological polar surface area (TPSA) is 28.2 Å². The van der Waals surface area contributed by atoms with Gasteiger partial charge in [0.05, 0.1) is 11.2 Å². The molecule has 0 aliphatic heterocycles. The van der Waals surface area contributed by atoms with Gasteiger partial charge in [-0.3, -0.25) is 4.98 Å². The smallest absolute Gasteiger partial charge is 0.0726 e. The summed E-state index contributed by atoms with van der Waals surface area (Å²) in [6, 6.07) is 11.1. The Hall–Kier alpha value is -1.61. The van der Waals surface area contributed by atoms with Crippen molar-refractivity contribution in [3.63, 3.8) is 0 Å². The van der Waals surface area contributed by atoms with Crippen molar-refractivity contribution in [1.82, 2.24) is 10.3 Å². The van der Waals surface area contributed by atoms with E-state index in [0.717, 1.165) is 30.7 Å². The fourth-order valence-electron chi connectivity index (χ4n) is 2.26. The third-order valence-electron chi connectivity index (χ3n) is 3.63. The lowest BCUT2D eigenvalue weighted by atomic mass is 10.1. The predicted molar refractivity (Wildman–Crippen MR) is 87.3 cm³/mol. The standard InChI is InChI=1S/C17H25N3/c1-5-10-18-12-14-11-17(20(4)13(2)3)15-8-6-7-9-16(15)19-14/h6-9,11,13,18H,5,10,12H2,1-4H3. The van der Waals surface area contributed by atoms with Gasteiger partial charge in [-0.05, 0) is 38.9 Å². The van der Waals surface area contributed by atoms with E-state index in [-0.39, 0.29) is 0 Å². The number of anilines is 1. The first-order valence-electron chi connectivity index (χ1n) is 7.45. The van der Waals surface area contributed by atoms with Gasteiger partial charge >= 0.3 is 0 Å². The first kappa shape index (κ1) is 14.8. The van der Waals surface area contributed by atoms with Crippen molar-refractivity contribution in [3.05, 3.63) is 36.0 Å². The first-order valence-corrected chi connectivity index (χ1v) is 7.45. The van der Waals surface area contributed by atoms with E-state index in [1.807, 2.05) is 0 Å². The van der Waals surface area contributed by atoms with Crippen LogP contribution in [0.2, 0.25) is 0 Å². The van der Waals surface area contributed by atoms with Crippen LogP contribution in [0, 0.1) is 0 Å². The zero-order chi connectivity index (χ0) is 14.5. The molecule has 1 heterocycles. The highest BCUT2D eigenvalue weighted by Crippen LogP contribution is 2.27. The zero-order valence-electron chi connectivity index (χ0n) is 13.0. The van der Waals surface area contributed by atoms with Gasteiger partial charge < -0.3 is 10.2 Å². The normalized spacial score (nSPS) is 11.2. The van der Waals surface area contributed by atoms with Crippen molar-refractivity contribution in [2.75, 3.05) is 18.5 Å². The predicted octanol–water partition coefficient (Wildman–Crippen LogP) is 3.58. The van der Waals surface area contributed by atoms with Gasteiger partial charge in [-0.15, -0.1) is 0 Å². The van der Waals surface area contributed by atoms with Crippen LogP contribution in [0.4, 0.5) is 5.69 Å². The summed E-state index contributed by atoms with van der Waals surface area (Å²) in [5.74, 6) is 0. The summed E-state index contributed by atoms with van der Waals surface area (Å²) in [6.07, 6.45) is 1.15. The highest BCUT2D eigenvalue weighted by Gasteiger charge is 2.11. The van der Waals surface area contributed by atoms with Crippen LogP contribution in [-0.2, 0) is 6.54 Å². The summed E-state index contributed by atoms with van der Waals surface area (Å²) in [4.78, 5) is 7.07. The van der Waals surface area contributed by atoms with E-state index in [9.17, 15) is 0 Å². The molecule has 0 fully saturated rings. The monoisotopic (exact) mass is 271 g/mol. The van der Waals surface area contributed by atoms with Crippen molar-refractivity contribution in [1.29, 1.82) is 0 Å². The second-order valence-electron chi connectivity index (χ2n) is 5.53. The molecule has 108 valence electrons. The van der Waals surface area contributed by atoms with Gasteiger partial charge in [0.2, 0.25) is 0 Å². The molecule has 0 amide bonds. The quantitative estimate of drug-likeness (QED) is 0.814. The minimum absolute atomic E-state index is 0.470. The summed E-state index contributed by atoms with van der Waals surface area (Å²) in [7, 11) is 2.15. The highest BCUT2D eigenvalue weighted by atomic mass is 15.1. The van der Waals surface area contributed by atoms with Gasteiger partial charge in [-0.25, -0.2) is 0 Å². The summed E-state index contributed by atoms with van der Waals surface area (Å²) in [5.41, 5.74) is 3.45. The third-order valence-corrected chi connectivity index (χ3v) is 3.63. The SMILES string of the molecule is CCCNCc1cc(N(C)C(C)C)c2ccccc2n1. The Bertz CT molecular complexity index is 563. The molecule has 0 aliphatic carbocycles. The molecule has 2 aromatic rings. The Kier molecular flexibility index (Phi) is 4.96. The van der Waals surface area contributed by atoms with Gasteiger partial charge in [-0.1, -0.05) is 25.1 Å². The highest BCUT2D eigenvalue weighted by molar-refractivity contribution is 5.92. The van der Waals surface area contributed by atoms with Crippen molar-refractivity contribution in [3.8, 4) is 0 Å². The lowest BCUT2D eigenvalue weighted by molar-refractivity contribution is 0.665. The second kappa shape index (κ2) is 6.71. The van der Waals surface area contributed by atoms with Crippen molar-refractivity contribution in [2.45, 2.75) is 39.8 Å². The lowest BCUT2D eigenvalue weighted by Gasteiger charge is -2.26. The Morgan fingerprint density at radius 2 is 2.00 bits per heavy atom. The number of hydrogen-bond acceptors (Lipinski definition) is 3. The van der Waals surface area contributed by atoms with Crippen LogP contribution in [-0.4, -0.2) is 24.6 Å². The number of fused-ring (bicyclic) bond motifs is 1. The molecule has 0 saturated heterocycles. The van der Waals surface area contributed by atoms with Gasteiger partial charge in [0.15, 0.2) is 0 Å². The molecule has 0 unspecified atom stereocenters. The van der Waals surface area contributed by atoms with Crippen LogP contribution in [0.3, 0.4) is 0 Å². The number of pyridine rings is 1. The van der Waals surface area contributed by atoms with E-state index in [1.165, 1.54) is 11.1 Å². The van der Waals surface area contributed by atoms with Crippen LogP contribution in [0.1, 0.15) is 32.9 Å². The van der Waals surface area contributed by atoms with Gasteiger partial charge in [-0.2, -0.15) is 0 Å². The molecule has 0 spiro atoms. The molecule has 0 atom stereocenters. The molecule has 0 bridgehead atoms.